The summed E-state index contributed by atoms with van der Waals surface area (Å²) in [6.45, 7) is 0. The van der Waals surface area contributed by atoms with Crippen LogP contribution in [0.2, 0.25) is 20.1 Å². The molecule has 0 saturated heterocycles. The molecule has 0 radical (unpaired) electrons. The highest BCUT2D eigenvalue weighted by molar-refractivity contribution is 6.42. The van der Waals surface area contributed by atoms with Gasteiger partial charge >= 0.3 is 0 Å². The first kappa shape index (κ1) is 20.7. The Morgan fingerprint density at radius 3 is 2.27 bits per heavy atom. The van der Waals surface area contributed by atoms with E-state index in [0.717, 1.165) is 5.56 Å². The van der Waals surface area contributed by atoms with Crippen molar-refractivity contribution in [2.45, 2.75) is 0 Å². The lowest BCUT2D eigenvalue weighted by atomic mass is 10.2. The van der Waals surface area contributed by atoms with Crippen molar-refractivity contribution in [1.29, 1.82) is 0 Å². The number of rotatable bonds is 4. The van der Waals surface area contributed by atoms with Gasteiger partial charge in [0.25, 0.3) is 5.91 Å². The Labute approximate surface area is 192 Å². The van der Waals surface area contributed by atoms with Gasteiger partial charge in [0.15, 0.2) is 5.82 Å². The Morgan fingerprint density at radius 1 is 0.833 bits per heavy atom. The second-order valence-corrected chi connectivity index (χ2v) is 7.87. The molecule has 9 heteroatoms. The van der Waals surface area contributed by atoms with Gasteiger partial charge in [0.05, 0.1) is 26.4 Å². The molecule has 1 aromatic heterocycles. The van der Waals surface area contributed by atoms with Crippen molar-refractivity contribution in [2.75, 3.05) is 5.32 Å². The Hall–Kier alpha value is -2.57. The van der Waals surface area contributed by atoms with Crippen LogP contribution in [0.3, 0.4) is 0 Å². The molecule has 1 amide bonds. The van der Waals surface area contributed by atoms with E-state index in [1.54, 1.807) is 66.7 Å². The number of benzene rings is 3. The molecule has 0 spiro atoms. The van der Waals surface area contributed by atoms with Gasteiger partial charge in [-0.1, -0.05) is 58.5 Å². The summed E-state index contributed by atoms with van der Waals surface area (Å²) in [5.74, 6) is -0.0996. The van der Waals surface area contributed by atoms with Gasteiger partial charge in [0, 0.05) is 10.6 Å². The van der Waals surface area contributed by atoms with E-state index in [9.17, 15) is 4.79 Å². The van der Waals surface area contributed by atoms with Crippen LogP contribution in [0, 0.1) is 0 Å². The Morgan fingerprint density at radius 2 is 1.57 bits per heavy atom. The predicted octanol–water partition coefficient (Wildman–Crippen LogP) is 6.80. The number of nitrogens with one attached hydrogen (secondary N) is 1. The van der Waals surface area contributed by atoms with Crippen LogP contribution in [0.4, 0.5) is 5.69 Å². The number of hydrogen-bond donors (Lipinski definition) is 1. The number of hydrogen-bond acceptors (Lipinski definition) is 3. The van der Waals surface area contributed by atoms with Gasteiger partial charge in [-0.25, -0.2) is 9.67 Å². The normalized spacial score (nSPS) is 10.8. The maximum Gasteiger partial charge on any atom is 0.295 e. The standard InChI is InChI=1S/C21H12Cl4N4O/c22-13-7-5-12(6-8-13)20-27-19(21(30)26-18-4-2-1-3-16(18)24)28-29(20)14-9-10-15(23)17(25)11-14/h1-11H,(H,26,30). The van der Waals surface area contributed by atoms with E-state index >= 15 is 0 Å². The van der Waals surface area contributed by atoms with Crippen LogP contribution in [-0.4, -0.2) is 20.7 Å². The summed E-state index contributed by atoms with van der Waals surface area (Å²) in [5, 5.41) is 8.87. The van der Waals surface area contributed by atoms with Crippen LogP contribution in [0.15, 0.2) is 66.7 Å². The molecular formula is C21H12Cl4N4O. The van der Waals surface area contributed by atoms with Crippen LogP contribution < -0.4 is 5.32 Å². The molecule has 0 aliphatic heterocycles. The van der Waals surface area contributed by atoms with E-state index < -0.39 is 5.91 Å². The molecule has 0 aliphatic rings. The van der Waals surface area contributed by atoms with Crippen LogP contribution in [0.25, 0.3) is 17.1 Å². The van der Waals surface area contributed by atoms with Crippen molar-refractivity contribution in [3.63, 3.8) is 0 Å². The van der Waals surface area contributed by atoms with E-state index in [0.29, 0.717) is 37.3 Å². The summed E-state index contributed by atoms with van der Waals surface area (Å²) < 4.78 is 1.52. The Bertz CT molecular complexity index is 1240. The number of para-hydroxylation sites is 1. The fraction of sp³-hybridized carbons (Fsp3) is 0. The van der Waals surface area contributed by atoms with Crippen LogP contribution in [0.1, 0.15) is 10.6 Å². The van der Waals surface area contributed by atoms with Gasteiger partial charge in [0.1, 0.15) is 0 Å². The van der Waals surface area contributed by atoms with Crippen LogP contribution >= 0.6 is 46.4 Å². The lowest BCUT2D eigenvalue weighted by molar-refractivity contribution is 0.101. The average Bonchev–Trinajstić information content (AvgIpc) is 3.18. The highest BCUT2D eigenvalue weighted by Gasteiger charge is 2.20. The third-order valence-electron chi connectivity index (χ3n) is 4.18. The summed E-state index contributed by atoms with van der Waals surface area (Å²) in [7, 11) is 0. The Balaban J connectivity index is 1.79. The average molecular weight is 478 g/mol. The molecule has 4 aromatic rings. The smallest absolute Gasteiger partial charge is 0.295 e. The molecule has 0 bridgehead atoms. The summed E-state index contributed by atoms with van der Waals surface area (Å²) in [6, 6.07) is 19.0. The fourth-order valence-electron chi connectivity index (χ4n) is 2.73. The third kappa shape index (κ3) is 4.30. The maximum absolute atomic E-state index is 12.8. The van der Waals surface area contributed by atoms with Crippen LogP contribution in [0.5, 0.6) is 0 Å². The first-order valence-electron chi connectivity index (χ1n) is 8.66. The minimum absolute atomic E-state index is 0.0362. The zero-order valence-electron chi connectivity index (χ0n) is 15.1. The number of carbonyl (C=O) groups excluding carboxylic acids is 1. The SMILES string of the molecule is O=C(Nc1ccccc1Cl)c1nc(-c2ccc(Cl)cc2)n(-c2ccc(Cl)c(Cl)c2)n1. The molecule has 0 unspecified atom stereocenters. The van der Waals surface area contributed by atoms with Crippen molar-refractivity contribution in [1.82, 2.24) is 14.8 Å². The lowest BCUT2D eigenvalue weighted by Crippen LogP contribution is -2.14. The molecule has 1 N–H and O–H groups in total. The molecule has 30 heavy (non-hydrogen) atoms. The van der Waals surface area contributed by atoms with E-state index in [-0.39, 0.29) is 5.82 Å². The van der Waals surface area contributed by atoms with Crippen LogP contribution in [-0.2, 0) is 0 Å². The number of anilines is 1. The number of nitrogens with zero attached hydrogens (tertiary/aromatic N) is 3. The molecule has 0 atom stereocenters. The zero-order valence-corrected chi connectivity index (χ0v) is 18.1. The second-order valence-electron chi connectivity index (χ2n) is 6.21. The molecule has 0 aliphatic carbocycles. The van der Waals surface area contributed by atoms with E-state index in [2.05, 4.69) is 15.4 Å². The van der Waals surface area contributed by atoms with Gasteiger partial charge in [-0.05, 0) is 54.6 Å². The van der Waals surface area contributed by atoms with Gasteiger partial charge in [0.2, 0.25) is 5.82 Å². The molecule has 0 saturated carbocycles. The number of aromatic nitrogens is 3. The molecule has 1 heterocycles. The highest BCUT2D eigenvalue weighted by atomic mass is 35.5. The van der Waals surface area contributed by atoms with Gasteiger partial charge in [-0.15, -0.1) is 5.10 Å². The third-order valence-corrected chi connectivity index (χ3v) is 5.50. The van der Waals surface area contributed by atoms with Gasteiger partial charge in [-0.3, -0.25) is 4.79 Å². The molecule has 0 fully saturated rings. The van der Waals surface area contributed by atoms with E-state index in [1.807, 2.05) is 0 Å². The predicted molar refractivity (Wildman–Crippen MR) is 121 cm³/mol. The monoisotopic (exact) mass is 476 g/mol. The van der Waals surface area contributed by atoms with E-state index in [1.165, 1.54) is 4.68 Å². The number of carbonyl (C=O) groups is 1. The Kier molecular flexibility index (Phi) is 5.97. The van der Waals surface area contributed by atoms with Crippen molar-refractivity contribution in [2.24, 2.45) is 0 Å². The van der Waals surface area contributed by atoms with E-state index in [4.69, 9.17) is 46.4 Å². The minimum Gasteiger partial charge on any atom is -0.318 e. The second kappa shape index (κ2) is 8.66. The quantitative estimate of drug-likeness (QED) is 0.351. The molecule has 3 aromatic carbocycles. The summed E-state index contributed by atoms with van der Waals surface area (Å²) in [4.78, 5) is 17.2. The first-order valence-corrected chi connectivity index (χ1v) is 10.2. The summed E-state index contributed by atoms with van der Waals surface area (Å²) in [5.41, 5.74) is 1.77. The molecule has 150 valence electrons. The highest BCUT2D eigenvalue weighted by Crippen LogP contribution is 2.28. The summed E-state index contributed by atoms with van der Waals surface area (Å²) in [6.07, 6.45) is 0. The lowest BCUT2D eigenvalue weighted by Gasteiger charge is -2.07. The number of amides is 1. The topological polar surface area (TPSA) is 59.8 Å². The zero-order chi connectivity index (χ0) is 21.3. The van der Waals surface area contributed by atoms with Crippen molar-refractivity contribution < 1.29 is 4.79 Å². The van der Waals surface area contributed by atoms with Crippen molar-refractivity contribution in [3.8, 4) is 17.1 Å². The minimum atomic E-state index is -0.503. The maximum atomic E-state index is 12.8. The first-order chi connectivity index (χ1) is 14.4. The fourth-order valence-corrected chi connectivity index (χ4v) is 3.33. The molecular weight excluding hydrogens is 466 g/mol. The van der Waals surface area contributed by atoms with Gasteiger partial charge in [-0.2, -0.15) is 0 Å². The van der Waals surface area contributed by atoms with Gasteiger partial charge < -0.3 is 5.32 Å². The summed E-state index contributed by atoms with van der Waals surface area (Å²) >= 11 is 24.3. The van der Waals surface area contributed by atoms with Crippen molar-refractivity contribution >= 4 is 58.0 Å². The van der Waals surface area contributed by atoms with Crippen molar-refractivity contribution in [3.05, 3.63) is 92.6 Å². The molecule has 4 rings (SSSR count). The largest absolute Gasteiger partial charge is 0.318 e. The molecule has 5 nitrogen and oxygen atoms in total. The number of halogens is 4.